The zero-order chi connectivity index (χ0) is 31.0. The van der Waals surface area contributed by atoms with Gasteiger partial charge in [-0.1, -0.05) is 13.5 Å². The van der Waals surface area contributed by atoms with Gasteiger partial charge in [0.05, 0.1) is 17.9 Å². The minimum atomic E-state index is -4.28. The molecule has 1 fully saturated rings. The van der Waals surface area contributed by atoms with Crippen LogP contribution in [0.25, 0.3) is 0 Å². The van der Waals surface area contributed by atoms with Crippen LogP contribution in [0.15, 0.2) is 36.7 Å². The van der Waals surface area contributed by atoms with E-state index in [4.69, 9.17) is 15.9 Å². The van der Waals surface area contributed by atoms with E-state index in [2.05, 4.69) is 32.5 Å². The molecule has 42 heavy (non-hydrogen) atoms. The Morgan fingerprint density at radius 3 is 2.45 bits per heavy atom. The van der Waals surface area contributed by atoms with Crippen molar-refractivity contribution < 1.29 is 36.3 Å². The normalized spacial score (nSPS) is 14.7. The van der Waals surface area contributed by atoms with Gasteiger partial charge in [0.2, 0.25) is 11.8 Å². The molecule has 0 atom stereocenters. The molecule has 1 aromatic heterocycles. The van der Waals surface area contributed by atoms with Crippen LogP contribution in [0.4, 0.5) is 33.5 Å². The Labute approximate surface area is 237 Å². The van der Waals surface area contributed by atoms with Crippen molar-refractivity contribution >= 4 is 29.5 Å². The summed E-state index contributed by atoms with van der Waals surface area (Å²) in [6.07, 6.45) is -0.0959. The summed E-state index contributed by atoms with van der Waals surface area (Å²) in [6.45, 7) is 4.39. The standard InChI is InChI=1S/C26H29F5N8O3/c1-3-18-25(42-20-10-19(36-21(40)4-2)16(27)9-17(20)28)38-24(22(37-18)23(33)41)35-15(11-32)12-34-14-5-7-39(8-6-14)13-26(29,30)31/h4,9-12,14,32,34H,2-3,5-8,13H2,1H3,(H2,33,41)(H,35,38)(H,36,40)/b15-12+,32-11?. The molecule has 1 aliphatic rings. The number of nitrogens with one attached hydrogen (secondary N) is 4. The van der Waals surface area contributed by atoms with Crippen LogP contribution in [0.5, 0.6) is 11.6 Å². The molecule has 226 valence electrons. The Morgan fingerprint density at radius 2 is 1.88 bits per heavy atom. The molecule has 0 spiro atoms. The Bertz CT molecular complexity index is 1370. The van der Waals surface area contributed by atoms with Crippen molar-refractivity contribution in [2.24, 2.45) is 5.73 Å². The SMILES string of the molecule is C=CC(=O)Nc1cc(Oc2nc(N/C(C=N)=C/NC3CCN(CC(F)(F)F)CC3)c(C(N)=O)nc2CC)c(F)cc1F. The van der Waals surface area contributed by atoms with Gasteiger partial charge in [-0.2, -0.15) is 18.2 Å². The van der Waals surface area contributed by atoms with E-state index >= 15 is 0 Å². The summed E-state index contributed by atoms with van der Waals surface area (Å²) in [6, 6.07) is 1.22. The lowest BCUT2D eigenvalue weighted by atomic mass is 10.1. The monoisotopic (exact) mass is 596 g/mol. The van der Waals surface area contributed by atoms with Crippen molar-refractivity contribution in [1.29, 1.82) is 5.41 Å². The van der Waals surface area contributed by atoms with Gasteiger partial charge in [-0.3, -0.25) is 14.5 Å². The molecule has 1 aliphatic heterocycles. The van der Waals surface area contributed by atoms with Gasteiger partial charge in [0.1, 0.15) is 11.5 Å². The van der Waals surface area contributed by atoms with Crippen LogP contribution < -0.4 is 26.4 Å². The lowest BCUT2D eigenvalue weighted by Gasteiger charge is -2.32. The van der Waals surface area contributed by atoms with E-state index < -0.39 is 47.6 Å². The van der Waals surface area contributed by atoms with Crippen molar-refractivity contribution in [2.75, 3.05) is 30.3 Å². The topological polar surface area (TPSA) is 158 Å². The number of carbonyl (C=O) groups excluding carboxylic acids is 2. The maximum Gasteiger partial charge on any atom is 0.401 e. The van der Waals surface area contributed by atoms with Crippen LogP contribution in [0.1, 0.15) is 35.9 Å². The number of alkyl halides is 3. The van der Waals surface area contributed by atoms with Crippen molar-refractivity contribution in [2.45, 2.75) is 38.4 Å². The smallest absolute Gasteiger partial charge is 0.401 e. The van der Waals surface area contributed by atoms with Gasteiger partial charge in [0, 0.05) is 43.7 Å². The molecule has 2 amide bonds. The molecule has 16 heteroatoms. The highest BCUT2D eigenvalue weighted by molar-refractivity contribution is 5.99. The molecule has 2 aromatic rings. The van der Waals surface area contributed by atoms with E-state index in [1.54, 1.807) is 6.92 Å². The Hall–Kier alpha value is -4.60. The van der Waals surface area contributed by atoms with Gasteiger partial charge in [-0.05, 0) is 25.3 Å². The zero-order valence-electron chi connectivity index (χ0n) is 22.4. The van der Waals surface area contributed by atoms with Crippen molar-refractivity contribution in [3.63, 3.8) is 0 Å². The van der Waals surface area contributed by atoms with Crippen LogP contribution in [0, 0.1) is 17.0 Å². The number of amides is 2. The predicted octanol–water partition coefficient (Wildman–Crippen LogP) is 3.85. The molecular weight excluding hydrogens is 567 g/mol. The molecule has 0 radical (unpaired) electrons. The third-order valence-electron chi connectivity index (χ3n) is 6.05. The maximum absolute atomic E-state index is 14.6. The van der Waals surface area contributed by atoms with E-state index in [1.165, 1.54) is 11.1 Å². The average Bonchev–Trinajstić information content (AvgIpc) is 2.93. The van der Waals surface area contributed by atoms with Gasteiger partial charge in [-0.25, -0.2) is 13.8 Å². The average molecular weight is 597 g/mol. The summed E-state index contributed by atoms with van der Waals surface area (Å²) in [5.41, 5.74) is 4.95. The number of halogens is 5. The van der Waals surface area contributed by atoms with Crippen molar-refractivity contribution in [1.82, 2.24) is 20.2 Å². The number of benzene rings is 1. The summed E-state index contributed by atoms with van der Waals surface area (Å²) in [7, 11) is 0. The maximum atomic E-state index is 14.6. The Morgan fingerprint density at radius 1 is 1.19 bits per heavy atom. The van der Waals surface area contributed by atoms with Gasteiger partial charge in [0.15, 0.2) is 23.1 Å². The first-order chi connectivity index (χ1) is 19.8. The number of allylic oxidation sites excluding steroid dienone is 1. The Kier molecular flexibility index (Phi) is 10.5. The number of carbonyl (C=O) groups is 2. The summed E-state index contributed by atoms with van der Waals surface area (Å²) < 4.78 is 72.2. The lowest BCUT2D eigenvalue weighted by molar-refractivity contribution is -0.148. The zero-order valence-corrected chi connectivity index (χ0v) is 22.4. The molecular formula is C26H29F5N8O3. The first kappa shape index (κ1) is 31.9. The molecule has 3 rings (SSSR count). The minimum absolute atomic E-state index is 0.0853. The van der Waals surface area contributed by atoms with Crippen LogP contribution in [-0.2, 0) is 11.2 Å². The molecule has 0 unspecified atom stereocenters. The molecule has 2 heterocycles. The largest absolute Gasteiger partial charge is 0.434 e. The lowest BCUT2D eigenvalue weighted by Crippen LogP contribution is -2.44. The third-order valence-corrected chi connectivity index (χ3v) is 6.05. The van der Waals surface area contributed by atoms with Crippen molar-refractivity contribution in [3.8, 4) is 11.6 Å². The molecule has 0 saturated carbocycles. The highest BCUT2D eigenvalue weighted by Gasteiger charge is 2.32. The van der Waals surface area contributed by atoms with E-state index in [9.17, 15) is 31.5 Å². The van der Waals surface area contributed by atoms with Crippen molar-refractivity contribution in [3.05, 3.63) is 59.7 Å². The van der Waals surface area contributed by atoms with Crippen LogP contribution in [-0.4, -0.2) is 64.7 Å². The quantitative estimate of drug-likeness (QED) is 0.140. The fourth-order valence-electron chi connectivity index (χ4n) is 3.99. The predicted molar refractivity (Wildman–Crippen MR) is 144 cm³/mol. The number of hydrogen-bond acceptors (Lipinski definition) is 9. The number of hydrogen-bond donors (Lipinski definition) is 5. The minimum Gasteiger partial charge on any atom is -0.434 e. The van der Waals surface area contributed by atoms with Crippen LogP contribution >= 0.6 is 0 Å². The molecule has 11 nitrogen and oxygen atoms in total. The fraction of sp³-hybridized carbons (Fsp3) is 0.346. The number of rotatable bonds is 12. The first-order valence-electron chi connectivity index (χ1n) is 12.7. The number of likely N-dealkylation sites (tertiary alicyclic amines) is 1. The second-order valence-electron chi connectivity index (χ2n) is 9.15. The van der Waals surface area contributed by atoms with Crippen LogP contribution in [0.2, 0.25) is 0 Å². The Balaban J connectivity index is 1.84. The number of anilines is 2. The molecule has 0 aliphatic carbocycles. The van der Waals surface area contributed by atoms with Gasteiger partial charge in [0.25, 0.3) is 5.91 Å². The number of aromatic nitrogens is 2. The summed E-state index contributed by atoms with van der Waals surface area (Å²) in [5, 5.41) is 15.7. The summed E-state index contributed by atoms with van der Waals surface area (Å²) >= 11 is 0. The number of piperidine rings is 1. The third kappa shape index (κ3) is 8.70. The van der Waals surface area contributed by atoms with E-state index in [-0.39, 0.29) is 54.3 Å². The number of nitrogens with two attached hydrogens (primary N) is 1. The fourth-order valence-corrected chi connectivity index (χ4v) is 3.99. The number of nitrogens with zero attached hydrogens (tertiary/aromatic N) is 3. The number of aryl methyl sites for hydroxylation is 1. The summed E-state index contributed by atoms with van der Waals surface area (Å²) in [4.78, 5) is 33.4. The molecule has 1 saturated heterocycles. The van der Waals surface area contributed by atoms with E-state index in [0.29, 0.717) is 18.9 Å². The van der Waals surface area contributed by atoms with Gasteiger partial charge < -0.3 is 31.8 Å². The second-order valence-corrected chi connectivity index (χ2v) is 9.15. The van der Waals surface area contributed by atoms with E-state index in [0.717, 1.165) is 18.4 Å². The highest BCUT2D eigenvalue weighted by atomic mass is 19.4. The highest BCUT2D eigenvalue weighted by Crippen LogP contribution is 2.32. The molecule has 6 N–H and O–H groups in total. The molecule has 1 aromatic carbocycles. The van der Waals surface area contributed by atoms with E-state index in [1.807, 2.05) is 0 Å². The molecule has 0 bridgehead atoms. The van der Waals surface area contributed by atoms with Crippen LogP contribution in [0.3, 0.4) is 0 Å². The first-order valence-corrected chi connectivity index (χ1v) is 12.7. The second kappa shape index (κ2) is 13.8. The number of primary amides is 1. The number of ether oxygens (including phenoxy) is 1. The van der Waals surface area contributed by atoms with Gasteiger partial charge in [-0.15, -0.1) is 0 Å². The van der Waals surface area contributed by atoms with Gasteiger partial charge >= 0.3 is 6.18 Å². The summed E-state index contributed by atoms with van der Waals surface area (Å²) in [5.74, 6) is -4.93.